The summed E-state index contributed by atoms with van der Waals surface area (Å²) in [7, 11) is 0. The van der Waals surface area contributed by atoms with Crippen LogP contribution in [0, 0.1) is 0 Å². The Morgan fingerprint density at radius 3 is 2.95 bits per heavy atom. The number of pyridine rings is 1. The van der Waals surface area contributed by atoms with E-state index >= 15 is 0 Å². The maximum absolute atomic E-state index is 11.3. The van der Waals surface area contributed by atoms with E-state index in [2.05, 4.69) is 26.8 Å². The van der Waals surface area contributed by atoms with Gasteiger partial charge in [-0.1, -0.05) is 18.7 Å². The van der Waals surface area contributed by atoms with E-state index in [0.29, 0.717) is 5.69 Å². The topological polar surface area (TPSA) is 67.8 Å². The van der Waals surface area contributed by atoms with E-state index in [0.717, 1.165) is 22.2 Å². The van der Waals surface area contributed by atoms with E-state index < -0.39 is 0 Å². The molecule has 5 nitrogen and oxygen atoms in total. The zero-order valence-electron chi connectivity index (χ0n) is 11.2. The Hall–Kier alpha value is -3.08. The zero-order valence-corrected chi connectivity index (χ0v) is 11.2. The highest BCUT2D eigenvalue weighted by Crippen LogP contribution is 2.23. The van der Waals surface area contributed by atoms with Crippen molar-refractivity contribution in [1.29, 1.82) is 0 Å². The molecule has 2 heterocycles. The van der Waals surface area contributed by atoms with Crippen molar-refractivity contribution in [3.05, 3.63) is 61.7 Å². The van der Waals surface area contributed by atoms with Crippen molar-refractivity contribution in [2.24, 2.45) is 0 Å². The Bertz CT molecular complexity index is 829. The number of aromatic nitrogens is 3. The van der Waals surface area contributed by atoms with E-state index in [1.165, 1.54) is 12.4 Å². The first-order valence-electron chi connectivity index (χ1n) is 6.36. The van der Waals surface area contributed by atoms with Gasteiger partial charge in [-0.05, 0) is 24.3 Å². The molecule has 1 aromatic carbocycles. The smallest absolute Gasteiger partial charge is 0.247 e. The largest absolute Gasteiger partial charge is 0.322 e. The lowest BCUT2D eigenvalue weighted by Gasteiger charge is -2.06. The zero-order chi connectivity index (χ0) is 14.7. The Labute approximate surface area is 121 Å². The van der Waals surface area contributed by atoms with Crippen LogP contribution in [0.3, 0.4) is 0 Å². The van der Waals surface area contributed by atoms with Crippen molar-refractivity contribution in [2.45, 2.75) is 0 Å². The normalized spacial score (nSPS) is 10.3. The molecule has 0 aliphatic heterocycles. The SMILES string of the molecule is C=CC(=O)Nc1ccnc(-c2ccc3cncnc3c2)c1. The van der Waals surface area contributed by atoms with Crippen LogP contribution in [0.15, 0.2) is 61.7 Å². The van der Waals surface area contributed by atoms with Gasteiger partial charge in [0.2, 0.25) is 5.91 Å². The van der Waals surface area contributed by atoms with Crippen LogP contribution in [0.1, 0.15) is 0 Å². The van der Waals surface area contributed by atoms with Crippen LogP contribution in [-0.4, -0.2) is 20.9 Å². The predicted octanol–water partition coefficient (Wildman–Crippen LogP) is 2.82. The van der Waals surface area contributed by atoms with Crippen molar-refractivity contribution in [3.8, 4) is 11.3 Å². The van der Waals surface area contributed by atoms with Crippen molar-refractivity contribution in [1.82, 2.24) is 15.0 Å². The van der Waals surface area contributed by atoms with Gasteiger partial charge in [-0.2, -0.15) is 0 Å². The molecule has 5 heteroatoms. The minimum atomic E-state index is -0.251. The molecule has 2 aromatic heterocycles. The van der Waals surface area contributed by atoms with E-state index in [4.69, 9.17) is 0 Å². The molecular formula is C16H12N4O. The van der Waals surface area contributed by atoms with E-state index in [9.17, 15) is 4.79 Å². The first kappa shape index (κ1) is 12.9. The summed E-state index contributed by atoms with van der Waals surface area (Å²) in [6.07, 6.45) is 6.16. The third-order valence-corrected chi connectivity index (χ3v) is 3.02. The van der Waals surface area contributed by atoms with Gasteiger partial charge in [0, 0.05) is 29.0 Å². The minimum absolute atomic E-state index is 0.251. The number of carbonyl (C=O) groups is 1. The number of fused-ring (bicyclic) bond motifs is 1. The molecule has 1 amide bonds. The van der Waals surface area contributed by atoms with Crippen molar-refractivity contribution >= 4 is 22.5 Å². The number of benzene rings is 1. The van der Waals surface area contributed by atoms with Crippen LogP contribution in [0.2, 0.25) is 0 Å². The highest BCUT2D eigenvalue weighted by Gasteiger charge is 2.04. The summed E-state index contributed by atoms with van der Waals surface area (Å²) in [6, 6.07) is 9.38. The van der Waals surface area contributed by atoms with Crippen LogP contribution >= 0.6 is 0 Å². The molecule has 0 saturated heterocycles. The van der Waals surface area contributed by atoms with Gasteiger partial charge in [-0.25, -0.2) is 9.97 Å². The molecule has 0 fully saturated rings. The van der Waals surface area contributed by atoms with E-state index in [-0.39, 0.29) is 5.91 Å². The number of hydrogen-bond acceptors (Lipinski definition) is 4. The van der Waals surface area contributed by atoms with Gasteiger partial charge in [-0.3, -0.25) is 9.78 Å². The van der Waals surface area contributed by atoms with Crippen LogP contribution in [0.4, 0.5) is 5.69 Å². The highest BCUT2D eigenvalue weighted by atomic mass is 16.1. The fraction of sp³-hybridized carbons (Fsp3) is 0. The average Bonchev–Trinajstić information content (AvgIpc) is 2.54. The summed E-state index contributed by atoms with van der Waals surface area (Å²) < 4.78 is 0. The number of rotatable bonds is 3. The second-order valence-electron chi connectivity index (χ2n) is 4.42. The maximum atomic E-state index is 11.3. The van der Waals surface area contributed by atoms with Crippen molar-refractivity contribution < 1.29 is 4.79 Å². The molecule has 0 unspecified atom stereocenters. The van der Waals surface area contributed by atoms with Crippen molar-refractivity contribution in [3.63, 3.8) is 0 Å². The van der Waals surface area contributed by atoms with Crippen LogP contribution in [-0.2, 0) is 4.79 Å². The molecule has 0 aliphatic rings. The Morgan fingerprint density at radius 2 is 2.10 bits per heavy atom. The summed E-state index contributed by atoms with van der Waals surface area (Å²) in [5.74, 6) is -0.251. The molecule has 0 aliphatic carbocycles. The quantitative estimate of drug-likeness (QED) is 0.747. The average molecular weight is 276 g/mol. The van der Waals surface area contributed by atoms with Gasteiger partial charge in [0.25, 0.3) is 0 Å². The Morgan fingerprint density at radius 1 is 1.19 bits per heavy atom. The number of amides is 1. The number of nitrogens with one attached hydrogen (secondary N) is 1. The third kappa shape index (κ3) is 2.76. The summed E-state index contributed by atoms with van der Waals surface area (Å²) in [5.41, 5.74) is 3.21. The third-order valence-electron chi connectivity index (χ3n) is 3.02. The summed E-state index contributed by atoms with van der Waals surface area (Å²) in [5, 5.41) is 3.69. The number of carbonyl (C=O) groups excluding carboxylic acids is 1. The lowest BCUT2D eigenvalue weighted by Crippen LogP contribution is -2.07. The lowest BCUT2D eigenvalue weighted by molar-refractivity contribution is -0.111. The van der Waals surface area contributed by atoms with Crippen LogP contribution < -0.4 is 5.32 Å². The molecule has 3 rings (SSSR count). The molecule has 3 aromatic rings. The second-order valence-corrected chi connectivity index (χ2v) is 4.42. The number of anilines is 1. The maximum Gasteiger partial charge on any atom is 0.247 e. The summed E-state index contributed by atoms with van der Waals surface area (Å²) in [6.45, 7) is 3.43. The van der Waals surface area contributed by atoms with Crippen LogP contribution in [0.5, 0.6) is 0 Å². The molecule has 0 bridgehead atoms. The molecule has 0 saturated carbocycles. The van der Waals surface area contributed by atoms with Gasteiger partial charge in [0.1, 0.15) is 6.33 Å². The Balaban J connectivity index is 1.99. The standard InChI is InChI=1S/C16H12N4O/c1-2-16(21)20-13-5-6-18-15(8-13)11-3-4-12-9-17-10-19-14(12)7-11/h2-10H,1H2,(H,18,20,21). The number of nitrogens with zero attached hydrogens (tertiary/aromatic N) is 3. The molecular weight excluding hydrogens is 264 g/mol. The highest BCUT2D eigenvalue weighted by molar-refractivity contribution is 5.99. The van der Waals surface area contributed by atoms with Gasteiger partial charge >= 0.3 is 0 Å². The molecule has 21 heavy (non-hydrogen) atoms. The predicted molar refractivity (Wildman–Crippen MR) is 81.6 cm³/mol. The van der Waals surface area contributed by atoms with E-state index in [1.54, 1.807) is 18.5 Å². The molecule has 0 spiro atoms. The van der Waals surface area contributed by atoms with Gasteiger partial charge < -0.3 is 5.32 Å². The molecule has 102 valence electrons. The first-order chi connectivity index (χ1) is 10.3. The monoisotopic (exact) mass is 276 g/mol. The first-order valence-corrected chi connectivity index (χ1v) is 6.36. The van der Waals surface area contributed by atoms with Gasteiger partial charge in [0.05, 0.1) is 11.2 Å². The lowest BCUT2D eigenvalue weighted by atomic mass is 10.1. The second kappa shape index (κ2) is 5.50. The molecule has 0 atom stereocenters. The van der Waals surface area contributed by atoms with E-state index in [1.807, 2.05) is 24.3 Å². The number of hydrogen-bond donors (Lipinski definition) is 1. The molecule has 0 radical (unpaired) electrons. The summed E-state index contributed by atoms with van der Waals surface area (Å²) in [4.78, 5) is 23.9. The summed E-state index contributed by atoms with van der Waals surface area (Å²) >= 11 is 0. The van der Waals surface area contributed by atoms with Crippen molar-refractivity contribution in [2.75, 3.05) is 5.32 Å². The molecule has 1 N–H and O–H groups in total. The Kier molecular flexibility index (Phi) is 3.39. The van der Waals surface area contributed by atoms with Gasteiger partial charge in [-0.15, -0.1) is 0 Å². The van der Waals surface area contributed by atoms with Gasteiger partial charge in [0.15, 0.2) is 0 Å². The fourth-order valence-corrected chi connectivity index (χ4v) is 1.99. The van der Waals surface area contributed by atoms with Crippen LogP contribution in [0.25, 0.3) is 22.2 Å². The minimum Gasteiger partial charge on any atom is -0.322 e. The fourth-order valence-electron chi connectivity index (χ4n) is 1.99.